The number of aliphatic hydroxyl groups excluding tert-OH is 1. The minimum atomic E-state index is -0.597. The molecule has 0 saturated heterocycles. The van der Waals surface area contributed by atoms with Gasteiger partial charge >= 0.3 is 5.97 Å². The fourth-order valence-electron chi connectivity index (χ4n) is 2.50. The molecule has 3 aromatic rings. The van der Waals surface area contributed by atoms with Crippen molar-refractivity contribution in [2.24, 2.45) is 0 Å². The zero-order chi connectivity index (χ0) is 17.1. The number of hydrogen-bond acceptors (Lipinski definition) is 5. The molecule has 0 spiro atoms. The second kappa shape index (κ2) is 6.76. The Hall–Kier alpha value is -2.80. The first kappa shape index (κ1) is 16.1. The van der Waals surface area contributed by atoms with Crippen molar-refractivity contribution in [1.82, 2.24) is 14.6 Å². The van der Waals surface area contributed by atoms with E-state index in [1.807, 2.05) is 0 Å². The van der Waals surface area contributed by atoms with Gasteiger partial charge < -0.3 is 9.84 Å². The first-order chi connectivity index (χ1) is 11.7. The minimum absolute atomic E-state index is 0.0643. The highest BCUT2D eigenvalue weighted by Crippen LogP contribution is 2.29. The van der Waals surface area contributed by atoms with Gasteiger partial charge in [0.05, 0.1) is 6.61 Å². The molecule has 7 heteroatoms. The maximum atomic E-state index is 14.5. The van der Waals surface area contributed by atoms with Crippen molar-refractivity contribution in [1.29, 1.82) is 0 Å². The number of nitrogens with zero attached hydrogens (tertiary/aromatic N) is 3. The number of fused-ring (bicyclic) bond motifs is 1. The van der Waals surface area contributed by atoms with Crippen LogP contribution < -0.4 is 0 Å². The predicted molar refractivity (Wildman–Crippen MR) is 85.1 cm³/mol. The van der Waals surface area contributed by atoms with E-state index in [1.165, 1.54) is 16.8 Å². The molecule has 1 aromatic carbocycles. The van der Waals surface area contributed by atoms with Crippen LogP contribution in [0.25, 0.3) is 16.9 Å². The highest BCUT2D eigenvalue weighted by Gasteiger charge is 2.24. The van der Waals surface area contributed by atoms with Crippen molar-refractivity contribution >= 4 is 11.6 Å². The van der Waals surface area contributed by atoms with Crippen LogP contribution in [0, 0.1) is 5.82 Å². The fraction of sp³-hybridized carbons (Fsp3) is 0.235. The highest BCUT2D eigenvalue weighted by molar-refractivity contribution is 6.02. The van der Waals surface area contributed by atoms with E-state index in [1.54, 1.807) is 31.3 Å². The summed E-state index contributed by atoms with van der Waals surface area (Å²) in [4.78, 5) is 16.5. The predicted octanol–water partition coefficient (Wildman–Crippen LogP) is 2.25. The summed E-state index contributed by atoms with van der Waals surface area (Å²) in [5, 5.41) is 13.2. The third-order valence-corrected chi connectivity index (χ3v) is 3.56. The summed E-state index contributed by atoms with van der Waals surface area (Å²) in [6.45, 7) is 1.83. The molecule has 0 bridgehead atoms. The molecule has 0 saturated carbocycles. The van der Waals surface area contributed by atoms with Gasteiger partial charge in [0, 0.05) is 24.6 Å². The van der Waals surface area contributed by atoms with Crippen LogP contribution in [0.2, 0.25) is 0 Å². The number of esters is 1. The standard InChI is InChI=1S/C17H16FN3O3/c1-2-24-17(23)14-15(20-21-8-3-7-19-16(14)21)12-5-4-11(6-9-22)10-13(12)18/h3-5,7-8,10,22H,2,6,9H2,1H3. The molecule has 3 rings (SSSR count). The molecule has 0 aliphatic carbocycles. The number of carbonyl (C=O) groups is 1. The quantitative estimate of drug-likeness (QED) is 0.727. The minimum Gasteiger partial charge on any atom is -0.462 e. The van der Waals surface area contributed by atoms with Gasteiger partial charge in [-0.15, -0.1) is 0 Å². The zero-order valence-corrected chi connectivity index (χ0v) is 13.1. The topological polar surface area (TPSA) is 76.7 Å². The first-order valence-electron chi connectivity index (χ1n) is 7.55. The molecule has 0 aliphatic rings. The van der Waals surface area contributed by atoms with E-state index < -0.39 is 11.8 Å². The smallest absolute Gasteiger partial charge is 0.344 e. The SMILES string of the molecule is CCOC(=O)c1c(-c2ccc(CCO)cc2F)nn2cccnc12. The number of rotatable bonds is 5. The lowest BCUT2D eigenvalue weighted by molar-refractivity contribution is 0.0529. The van der Waals surface area contributed by atoms with Gasteiger partial charge in [0.1, 0.15) is 17.1 Å². The maximum Gasteiger partial charge on any atom is 0.344 e. The van der Waals surface area contributed by atoms with E-state index in [9.17, 15) is 9.18 Å². The Morgan fingerprint density at radius 2 is 2.25 bits per heavy atom. The largest absolute Gasteiger partial charge is 0.462 e. The average molecular weight is 329 g/mol. The van der Waals surface area contributed by atoms with Crippen LogP contribution in [0.4, 0.5) is 4.39 Å². The average Bonchev–Trinajstić information content (AvgIpc) is 2.94. The van der Waals surface area contributed by atoms with E-state index in [-0.39, 0.29) is 30.0 Å². The van der Waals surface area contributed by atoms with Crippen molar-refractivity contribution in [2.45, 2.75) is 13.3 Å². The summed E-state index contributed by atoms with van der Waals surface area (Å²) in [6, 6.07) is 6.24. The van der Waals surface area contributed by atoms with E-state index in [4.69, 9.17) is 9.84 Å². The number of aromatic nitrogens is 3. The molecule has 0 amide bonds. The Balaban J connectivity index is 2.18. The molecular formula is C17H16FN3O3. The molecule has 6 nitrogen and oxygen atoms in total. The van der Waals surface area contributed by atoms with Crippen molar-refractivity contribution < 1.29 is 19.0 Å². The molecule has 124 valence electrons. The van der Waals surface area contributed by atoms with E-state index in [0.29, 0.717) is 17.6 Å². The first-order valence-corrected chi connectivity index (χ1v) is 7.55. The molecule has 0 fully saturated rings. The molecule has 0 unspecified atom stereocenters. The van der Waals surface area contributed by atoms with Crippen LogP contribution in [0.15, 0.2) is 36.7 Å². The number of halogens is 1. The van der Waals surface area contributed by atoms with Crippen LogP contribution in [0.1, 0.15) is 22.8 Å². The van der Waals surface area contributed by atoms with Gasteiger partial charge in [-0.1, -0.05) is 6.07 Å². The van der Waals surface area contributed by atoms with Crippen molar-refractivity contribution in [3.05, 3.63) is 53.6 Å². The van der Waals surface area contributed by atoms with Crippen molar-refractivity contribution in [2.75, 3.05) is 13.2 Å². The maximum absolute atomic E-state index is 14.5. The Morgan fingerprint density at radius 1 is 1.42 bits per heavy atom. The van der Waals surface area contributed by atoms with Gasteiger partial charge in [-0.3, -0.25) is 0 Å². The Kier molecular flexibility index (Phi) is 4.52. The second-order valence-electron chi connectivity index (χ2n) is 5.12. The van der Waals surface area contributed by atoms with E-state index >= 15 is 0 Å². The monoisotopic (exact) mass is 329 g/mol. The summed E-state index contributed by atoms with van der Waals surface area (Å²) in [5.74, 6) is -1.12. The molecule has 1 N–H and O–H groups in total. The molecular weight excluding hydrogens is 313 g/mol. The molecule has 0 aliphatic heterocycles. The molecule has 2 heterocycles. The molecule has 0 atom stereocenters. The number of aliphatic hydroxyl groups is 1. The highest BCUT2D eigenvalue weighted by atomic mass is 19.1. The molecule has 2 aromatic heterocycles. The lowest BCUT2D eigenvalue weighted by Gasteiger charge is -2.06. The van der Waals surface area contributed by atoms with Gasteiger partial charge in [0.2, 0.25) is 0 Å². The van der Waals surface area contributed by atoms with Crippen LogP contribution in [-0.2, 0) is 11.2 Å². The Labute approximate surface area is 137 Å². The lowest BCUT2D eigenvalue weighted by atomic mass is 10.0. The third kappa shape index (κ3) is 2.85. The summed E-state index contributed by atoms with van der Waals surface area (Å²) in [6.07, 6.45) is 3.52. The van der Waals surface area contributed by atoms with Crippen LogP contribution in [-0.4, -0.2) is 38.9 Å². The summed E-state index contributed by atoms with van der Waals surface area (Å²) in [5.41, 5.74) is 1.47. The van der Waals surface area contributed by atoms with Gasteiger partial charge in [-0.2, -0.15) is 5.10 Å². The normalized spacial score (nSPS) is 11.0. The zero-order valence-electron chi connectivity index (χ0n) is 13.1. The number of benzene rings is 1. The van der Waals surface area contributed by atoms with Gasteiger partial charge in [0.15, 0.2) is 5.65 Å². The number of hydrogen-bond donors (Lipinski definition) is 1. The Morgan fingerprint density at radius 3 is 2.96 bits per heavy atom. The summed E-state index contributed by atoms with van der Waals surface area (Å²) < 4.78 is 21.0. The van der Waals surface area contributed by atoms with Gasteiger partial charge in [0.25, 0.3) is 0 Å². The van der Waals surface area contributed by atoms with Gasteiger partial charge in [-0.25, -0.2) is 18.7 Å². The van der Waals surface area contributed by atoms with Crippen LogP contribution in [0.3, 0.4) is 0 Å². The van der Waals surface area contributed by atoms with Crippen LogP contribution >= 0.6 is 0 Å². The fourth-order valence-corrected chi connectivity index (χ4v) is 2.50. The molecule has 0 radical (unpaired) electrons. The Bertz CT molecular complexity index is 892. The van der Waals surface area contributed by atoms with E-state index in [0.717, 1.165) is 0 Å². The van der Waals surface area contributed by atoms with Crippen molar-refractivity contribution in [3.63, 3.8) is 0 Å². The second-order valence-corrected chi connectivity index (χ2v) is 5.12. The number of ether oxygens (including phenoxy) is 1. The summed E-state index contributed by atoms with van der Waals surface area (Å²) >= 11 is 0. The van der Waals surface area contributed by atoms with E-state index in [2.05, 4.69) is 10.1 Å². The summed E-state index contributed by atoms with van der Waals surface area (Å²) in [7, 11) is 0. The molecule has 24 heavy (non-hydrogen) atoms. The van der Waals surface area contributed by atoms with Crippen molar-refractivity contribution in [3.8, 4) is 11.3 Å². The van der Waals surface area contributed by atoms with Crippen LogP contribution in [0.5, 0.6) is 0 Å². The lowest BCUT2D eigenvalue weighted by Crippen LogP contribution is -2.07. The third-order valence-electron chi connectivity index (χ3n) is 3.56. The number of carbonyl (C=O) groups excluding carboxylic acids is 1. The van der Waals surface area contributed by atoms with Gasteiger partial charge in [-0.05, 0) is 37.1 Å².